The third kappa shape index (κ3) is 2.96. The van der Waals surface area contributed by atoms with Gasteiger partial charge in [0.1, 0.15) is 5.75 Å². The van der Waals surface area contributed by atoms with Crippen LogP contribution in [-0.4, -0.2) is 22.5 Å². The lowest BCUT2D eigenvalue weighted by Crippen LogP contribution is -2.38. The number of rotatable bonds is 2. The van der Waals surface area contributed by atoms with Crippen LogP contribution in [0.2, 0.25) is 0 Å². The fourth-order valence-electron chi connectivity index (χ4n) is 3.26. The SMILES string of the molecule is CCc1cc(C(=O)N2CCc3ccccc3[C@H]2C)cc(I)c1O. The van der Waals surface area contributed by atoms with Crippen LogP contribution in [0.1, 0.15) is 46.9 Å². The number of benzene rings is 2. The molecule has 0 aromatic heterocycles. The van der Waals surface area contributed by atoms with Gasteiger partial charge in [0.25, 0.3) is 5.91 Å². The third-order valence-corrected chi connectivity index (χ3v) is 5.45. The van der Waals surface area contributed by atoms with E-state index in [0.29, 0.717) is 17.7 Å². The molecule has 2 aromatic rings. The highest BCUT2D eigenvalue weighted by molar-refractivity contribution is 14.1. The second kappa shape index (κ2) is 6.51. The quantitative estimate of drug-likeness (QED) is 0.734. The van der Waals surface area contributed by atoms with Crippen LogP contribution in [0.5, 0.6) is 5.75 Å². The predicted octanol–water partition coefficient (Wildman–Crippen LogP) is 4.32. The summed E-state index contributed by atoms with van der Waals surface area (Å²) in [5.74, 6) is 0.335. The molecule has 0 aliphatic carbocycles. The van der Waals surface area contributed by atoms with Crippen molar-refractivity contribution in [3.05, 3.63) is 62.2 Å². The van der Waals surface area contributed by atoms with Gasteiger partial charge in [-0.15, -0.1) is 0 Å². The number of hydrogen-bond acceptors (Lipinski definition) is 2. The molecule has 1 aliphatic heterocycles. The molecule has 0 saturated carbocycles. The van der Waals surface area contributed by atoms with Crippen molar-refractivity contribution in [2.75, 3.05) is 6.54 Å². The summed E-state index contributed by atoms with van der Waals surface area (Å²) < 4.78 is 0.732. The maximum absolute atomic E-state index is 13.0. The van der Waals surface area contributed by atoms with Gasteiger partial charge in [0, 0.05) is 12.1 Å². The molecule has 0 radical (unpaired) electrons. The number of aromatic hydroxyl groups is 1. The van der Waals surface area contributed by atoms with E-state index in [1.54, 1.807) is 6.07 Å². The number of amides is 1. The largest absolute Gasteiger partial charge is 0.507 e. The third-order valence-electron chi connectivity index (χ3n) is 4.63. The van der Waals surface area contributed by atoms with E-state index in [2.05, 4.69) is 47.7 Å². The zero-order chi connectivity index (χ0) is 16.6. The number of carbonyl (C=O) groups is 1. The van der Waals surface area contributed by atoms with Crippen molar-refractivity contribution in [3.63, 3.8) is 0 Å². The second-order valence-corrected chi connectivity index (χ2v) is 7.10. The highest BCUT2D eigenvalue weighted by Crippen LogP contribution is 2.32. The van der Waals surface area contributed by atoms with Crippen LogP contribution in [0.3, 0.4) is 0 Å². The monoisotopic (exact) mass is 421 g/mol. The standard InChI is InChI=1S/C19H20INO2/c1-3-13-10-15(11-17(20)18(13)22)19(23)21-9-8-14-6-4-5-7-16(14)12(21)2/h4-7,10-12,22H,3,8-9H2,1-2H3/t12-/m1/s1. The molecule has 0 saturated heterocycles. The Morgan fingerprint density at radius 1 is 1.35 bits per heavy atom. The summed E-state index contributed by atoms with van der Waals surface area (Å²) in [5.41, 5.74) is 4.05. The molecule has 1 atom stereocenters. The molecule has 4 heteroatoms. The molecule has 1 heterocycles. The molecule has 1 amide bonds. The zero-order valence-electron chi connectivity index (χ0n) is 13.3. The van der Waals surface area contributed by atoms with Gasteiger partial charge >= 0.3 is 0 Å². The van der Waals surface area contributed by atoms with Crippen molar-refractivity contribution in [1.29, 1.82) is 0 Å². The number of carbonyl (C=O) groups excluding carboxylic acids is 1. The van der Waals surface area contributed by atoms with Crippen LogP contribution in [0.25, 0.3) is 0 Å². The number of hydrogen-bond donors (Lipinski definition) is 1. The van der Waals surface area contributed by atoms with Crippen molar-refractivity contribution in [1.82, 2.24) is 4.90 Å². The lowest BCUT2D eigenvalue weighted by Gasteiger charge is -2.35. The fraction of sp³-hybridized carbons (Fsp3) is 0.316. The van der Waals surface area contributed by atoms with Crippen LogP contribution in [0.15, 0.2) is 36.4 Å². The van der Waals surface area contributed by atoms with Gasteiger partial charge < -0.3 is 10.0 Å². The summed E-state index contributed by atoms with van der Waals surface area (Å²) in [7, 11) is 0. The first-order valence-electron chi connectivity index (χ1n) is 7.93. The summed E-state index contributed by atoms with van der Waals surface area (Å²) in [6.45, 7) is 4.80. The molecular formula is C19H20INO2. The highest BCUT2D eigenvalue weighted by Gasteiger charge is 2.28. The molecule has 23 heavy (non-hydrogen) atoms. The van der Waals surface area contributed by atoms with E-state index in [1.165, 1.54) is 11.1 Å². The fourth-order valence-corrected chi connectivity index (χ4v) is 3.95. The Bertz CT molecular complexity index is 757. The average molecular weight is 421 g/mol. The van der Waals surface area contributed by atoms with Gasteiger partial charge in [0.15, 0.2) is 0 Å². The van der Waals surface area contributed by atoms with Gasteiger partial charge in [-0.25, -0.2) is 0 Å². The van der Waals surface area contributed by atoms with Crippen molar-refractivity contribution in [3.8, 4) is 5.75 Å². The smallest absolute Gasteiger partial charge is 0.254 e. The number of phenolic OH excluding ortho intramolecular Hbond substituents is 1. The molecule has 1 N–H and O–H groups in total. The summed E-state index contributed by atoms with van der Waals surface area (Å²) >= 11 is 2.09. The van der Waals surface area contributed by atoms with Gasteiger partial charge in [-0.2, -0.15) is 0 Å². The van der Waals surface area contributed by atoms with Crippen LogP contribution in [-0.2, 0) is 12.8 Å². The minimum atomic E-state index is 0.0413. The molecule has 120 valence electrons. The van der Waals surface area contributed by atoms with E-state index in [1.807, 2.05) is 24.0 Å². The minimum absolute atomic E-state index is 0.0413. The highest BCUT2D eigenvalue weighted by atomic mass is 127. The van der Waals surface area contributed by atoms with E-state index < -0.39 is 0 Å². The molecule has 3 nitrogen and oxygen atoms in total. The molecule has 1 aliphatic rings. The molecule has 2 aromatic carbocycles. The van der Waals surface area contributed by atoms with Crippen LogP contribution < -0.4 is 0 Å². The maximum Gasteiger partial charge on any atom is 0.254 e. The molecule has 0 unspecified atom stereocenters. The Kier molecular flexibility index (Phi) is 4.62. The average Bonchev–Trinajstić information content (AvgIpc) is 2.57. The lowest BCUT2D eigenvalue weighted by molar-refractivity contribution is 0.0677. The van der Waals surface area contributed by atoms with Gasteiger partial charge in [-0.3, -0.25) is 4.79 Å². The van der Waals surface area contributed by atoms with Crippen molar-refractivity contribution < 1.29 is 9.90 Å². The van der Waals surface area contributed by atoms with Gasteiger partial charge in [-0.1, -0.05) is 31.2 Å². The number of halogens is 1. The van der Waals surface area contributed by atoms with E-state index >= 15 is 0 Å². The number of nitrogens with zero attached hydrogens (tertiary/aromatic N) is 1. The van der Waals surface area contributed by atoms with Gasteiger partial charge in [0.05, 0.1) is 9.61 Å². The van der Waals surface area contributed by atoms with Crippen molar-refractivity contribution in [2.45, 2.75) is 32.7 Å². The Hall–Kier alpha value is -1.56. The first-order chi connectivity index (χ1) is 11.0. The van der Waals surface area contributed by atoms with Crippen LogP contribution >= 0.6 is 22.6 Å². The molecular weight excluding hydrogens is 401 g/mol. The Morgan fingerprint density at radius 2 is 2.09 bits per heavy atom. The Labute approximate surface area is 150 Å². The van der Waals surface area contributed by atoms with Crippen molar-refractivity contribution >= 4 is 28.5 Å². The number of phenols is 1. The molecule has 0 fully saturated rings. The Balaban J connectivity index is 1.94. The first-order valence-corrected chi connectivity index (χ1v) is 9.01. The predicted molar refractivity (Wildman–Crippen MR) is 99.8 cm³/mol. The molecule has 0 spiro atoms. The number of aryl methyl sites for hydroxylation is 1. The first kappa shape index (κ1) is 16.3. The summed E-state index contributed by atoms with van der Waals surface area (Å²) in [6.07, 6.45) is 1.60. The van der Waals surface area contributed by atoms with E-state index in [9.17, 15) is 9.90 Å². The maximum atomic E-state index is 13.0. The van der Waals surface area contributed by atoms with Crippen LogP contribution in [0.4, 0.5) is 0 Å². The van der Waals surface area contributed by atoms with E-state index in [4.69, 9.17) is 0 Å². The normalized spacial score (nSPS) is 17.0. The van der Waals surface area contributed by atoms with Crippen molar-refractivity contribution in [2.24, 2.45) is 0 Å². The van der Waals surface area contributed by atoms with E-state index in [0.717, 1.165) is 22.1 Å². The minimum Gasteiger partial charge on any atom is -0.507 e. The topological polar surface area (TPSA) is 40.5 Å². The summed E-state index contributed by atoms with van der Waals surface area (Å²) in [5, 5.41) is 10.1. The molecule has 0 bridgehead atoms. The van der Waals surface area contributed by atoms with Gasteiger partial charge in [0.2, 0.25) is 0 Å². The van der Waals surface area contributed by atoms with E-state index in [-0.39, 0.29) is 11.9 Å². The van der Waals surface area contributed by atoms with Crippen LogP contribution in [0, 0.1) is 3.57 Å². The summed E-state index contributed by atoms with van der Waals surface area (Å²) in [6, 6.07) is 12.0. The Morgan fingerprint density at radius 3 is 2.83 bits per heavy atom. The summed E-state index contributed by atoms with van der Waals surface area (Å²) in [4.78, 5) is 14.9. The van der Waals surface area contributed by atoms with Gasteiger partial charge in [-0.05, 0) is 71.2 Å². The second-order valence-electron chi connectivity index (χ2n) is 5.94. The number of fused-ring (bicyclic) bond motifs is 1. The zero-order valence-corrected chi connectivity index (χ0v) is 15.5. The lowest BCUT2D eigenvalue weighted by atomic mass is 9.93. The molecule has 3 rings (SSSR count).